The van der Waals surface area contributed by atoms with Crippen molar-refractivity contribution in [2.45, 2.75) is 45.8 Å². The molecule has 0 radical (unpaired) electrons. The molecule has 0 unspecified atom stereocenters. The van der Waals surface area contributed by atoms with Crippen molar-refractivity contribution in [3.05, 3.63) is 88.5 Å². The maximum atomic E-state index is 14.8. The Bertz CT molecular complexity index is 1350. The summed E-state index contributed by atoms with van der Waals surface area (Å²) in [5, 5.41) is 2.43. The monoisotopic (exact) mass is 544 g/mol. The fourth-order valence-corrected chi connectivity index (χ4v) is 4.09. The topological polar surface area (TPSA) is 104 Å². The van der Waals surface area contributed by atoms with E-state index in [1.54, 1.807) is 6.92 Å². The van der Waals surface area contributed by atoms with Crippen LogP contribution in [0.4, 0.5) is 13.2 Å². The number of ether oxygens (including phenoxy) is 3. The SMILES string of the molecule is COc1ccnc(C(=O)N[C@@H](C)C(=O)O[C@@H](C)[C@@H](c2ccc(F)cc2C)c2ccc(F)cc2F)c1OC(C)=O. The molecule has 1 aromatic heterocycles. The molecule has 0 spiro atoms. The smallest absolute Gasteiger partial charge is 0.328 e. The first-order valence-corrected chi connectivity index (χ1v) is 11.9. The number of aryl methyl sites for hydroxylation is 1. The van der Waals surface area contributed by atoms with E-state index in [1.807, 2.05) is 0 Å². The number of methoxy groups -OCH3 is 1. The Morgan fingerprint density at radius 3 is 2.18 bits per heavy atom. The van der Waals surface area contributed by atoms with Crippen LogP contribution in [0.25, 0.3) is 0 Å². The lowest BCUT2D eigenvalue weighted by Crippen LogP contribution is -2.42. The van der Waals surface area contributed by atoms with Crippen LogP contribution in [0.1, 0.15) is 53.9 Å². The largest absolute Gasteiger partial charge is 0.493 e. The van der Waals surface area contributed by atoms with Gasteiger partial charge in [0, 0.05) is 31.2 Å². The second-order valence-electron chi connectivity index (χ2n) is 8.77. The molecule has 8 nitrogen and oxygen atoms in total. The Morgan fingerprint density at radius 1 is 0.949 bits per heavy atom. The van der Waals surface area contributed by atoms with Crippen LogP contribution in [-0.4, -0.2) is 42.1 Å². The van der Waals surface area contributed by atoms with Crippen molar-refractivity contribution in [3.63, 3.8) is 0 Å². The molecule has 0 aliphatic carbocycles. The number of rotatable bonds is 9. The van der Waals surface area contributed by atoms with E-state index in [9.17, 15) is 27.6 Å². The predicted molar refractivity (Wildman–Crippen MR) is 134 cm³/mol. The third kappa shape index (κ3) is 6.92. The van der Waals surface area contributed by atoms with Gasteiger partial charge in [-0.25, -0.2) is 22.9 Å². The molecule has 1 N–H and O–H groups in total. The summed E-state index contributed by atoms with van der Waals surface area (Å²) in [6, 6.07) is 7.08. The molecule has 206 valence electrons. The second kappa shape index (κ2) is 12.4. The molecule has 2 aromatic carbocycles. The fraction of sp³-hybridized carbons (Fsp3) is 0.286. The molecular formula is C28H27F3N2O6. The maximum Gasteiger partial charge on any atom is 0.328 e. The van der Waals surface area contributed by atoms with E-state index in [4.69, 9.17) is 14.2 Å². The molecule has 0 aliphatic rings. The highest BCUT2D eigenvalue weighted by Crippen LogP contribution is 2.34. The molecule has 0 saturated heterocycles. The zero-order chi connectivity index (χ0) is 28.9. The van der Waals surface area contributed by atoms with Crippen molar-refractivity contribution in [3.8, 4) is 11.5 Å². The summed E-state index contributed by atoms with van der Waals surface area (Å²) in [7, 11) is 1.31. The number of esters is 2. The summed E-state index contributed by atoms with van der Waals surface area (Å²) in [6.45, 7) is 5.62. The quantitative estimate of drug-likeness (QED) is 0.392. The summed E-state index contributed by atoms with van der Waals surface area (Å²) in [6.07, 6.45) is 0.242. The summed E-state index contributed by atoms with van der Waals surface area (Å²) < 4.78 is 58.0. The van der Waals surface area contributed by atoms with E-state index in [0.717, 1.165) is 13.0 Å². The van der Waals surface area contributed by atoms with Crippen molar-refractivity contribution >= 4 is 17.8 Å². The molecule has 0 saturated carbocycles. The summed E-state index contributed by atoms with van der Waals surface area (Å²) in [5.74, 6) is -5.67. The first-order chi connectivity index (χ1) is 18.4. The Kier molecular flexibility index (Phi) is 9.29. The first-order valence-electron chi connectivity index (χ1n) is 11.9. The van der Waals surface area contributed by atoms with E-state index in [0.29, 0.717) is 17.2 Å². The number of halogens is 3. The molecule has 39 heavy (non-hydrogen) atoms. The highest BCUT2D eigenvalue weighted by Gasteiger charge is 2.31. The summed E-state index contributed by atoms with van der Waals surface area (Å²) in [5.41, 5.74) is 0.667. The lowest BCUT2D eigenvalue weighted by atomic mass is 9.84. The number of pyridine rings is 1. The average Bonchev–Trinajstić information content (AvgIpc) is 2.86. The molecule has 0 aliphatic heterocycles. The number of amides is 1. The Morgan fingerprint density at radius 2 is 1.59 bits per heavy atom. The molecule has 1 heterocycles. The van der Waals surface area contributed by atoms with E-state index in [-0.39, 0.29) is 22.8 Å². The van der Waals surface area contributed by atoms with Gasteiger partial charge in [-0.1, -0.05) is 12.1 Å². The van der Waals surface area contributed by atoms with Gasteiger partial charge in [-0.15, -0.1) is 0 Å². The number of aromatic nitrogens is 1. The minimum Gasteiger partial charge on any atom is -0.493 e. The molecular weight excluding hydrogens is 517 g/mol. The fourth-order valence-electron chi connectivity index (χ4n) is 4.09. The van der Waals surface area contributed by atoms with Crippen LogP contribution in [-0.2, 0) is 14.3 Å². The Hall–Kier alpha value is -4.41. The van der Waals surface area contributed by atoms with Crippen molar-refractivity contribution in [2.24, 2.45) is 0 Å². The van der Waals surface area contributed by atoms with Crippen molar-refractivity contribution < 1.29 is 41.8 Å². The van der Waals surface area contributed by atoms with Gasteiger partial charge in [-0.3, -0.25) is 9.59 Å². The van der Waals surface area contributed by atoms with Crippen LogP contribution < -0.4 is 14.8 Å². The minimum atomic E-state index is -1.22. The number of hydrogen-bond acceptors (Lipinski definition) is 7. The third-order valence-corrected chi connectivity index (χ3v) is 5.89. The van der Waals surface area contributed by atoms with E-state index in [1.165, 1.54) is 57.5 Å². The zero-order valence-corrected chi connectivity index (χ0v) is 21.9. The summed E-state index contributed by atoms with van der Waals surface area (Å²) in [4.78, 5) is 41.3. The number of benzene rings is 2. The van der Waals surface area contributed by atoms with E-state index >= 15 is 0 Å². The van der Waals surface area contributed by atoms with Crippen LogP contribution in [0.5, 0.6) is 11.5 Å². The Balaban J connectivity index is 1.85. The number of nitrogens with zero attached hydrogens (tertiary/aromatic N) is 1. The molecule has 3 aromatic rings. The highest BCUT2D eigenvalue weighted by atomic mass is 19.1. The van der Waals surface area contributed by atoms with Crippen LogP contribution in [0.2, 0.25) is 0 Å². The molecule has 3 rings (SSSR count). The molecule has 3 atom stereocenters. The number of carbonyl (C=O) groups is 3. The van der Waals surface area contributed by atoms with Crippen LogP contribution in [0.3, 0.4) is 0 Å². The van der Waals surface area contributed by atoms with Gasteiger partial charge in [0.05, 0.1) is 7.11 Å². The van der Waals surface area contributed by atoms with Crippen LogP contribution in [0.15, 0.2) is 48.7 Å². The highest BCUT2D eigenvalue weighted by molar-refractivity contribution is 5.98. The van der Waals surface area contributed by atoms with Crippen molar-refractivity contribution in [1.82, 2.24) is 10.3 Å². The third-order valence-electron chi connectivity index (χ3n) is 5.89. The number of nitrogens with one attached hydrogen (secondary N) is 1. The Labute approximate surface area is 223 Å². The van der Waals surface area contributed by atoms with Crippen molar-refractivity contribution in [1.29, 1.82) is 0 Å². The van der Waals surface area contributed by atoms with E-state index in [2.05, 4.69) is 10.3 Å². The number of carbonyl (C=O) groups excluding carboxylic acids is 3. The van der Waals surface area contributed by atoms with Gasteiger partial charge >= 0.3 is 11.9 Å². The average molecular weight is 545 g/mol. The van der Waals surface area contributed by atoms with Crippen LogP contribution in [0, 0.1) is 24.4 Å². The first kappa shape index (κ1) is 29.2. The molecule has 0 bridgehead atoms. The molecule has 11 heteroatoms. The van der Waals surface area contributed by atoms with E-state index < -0.39 is 53.4 Å². The second-order valence-corrected chi connectivity index (χ2v) is 8.77. The van der Waals surface area contributed by atoms with Gasteiger partial charge in [-0.05, 0) is 55.7 Å². The normalized spacial score (nSPS) is 13.1. The van der Waals surface area contributed by atoms with Gasteiger partial charge in [0.15, 0.2) is 11.4 Å². The van der Waals surface area contributed by atoms with Gasteiger partial charge in [0.1, 0.15) is 29.6 Å². The van der Waals surface area contributed by atoms with Gasteiger partial charge < -0.3 is 19.5 Å². The minimum absolute atomic E-state index is 0.0368. The lowest BCUT2D eigenvalue weighted by molar-refractivity contribution is -0.150. The number of hydrogen-bond donors (Lipinski definition) is 1. The standard InChI is InChI=1S/C28H27F3N2O6/c1-14-12-18(29)6-8-20(14)24(21-9-7-19(30)13-22(21)31)16(3)38-28(36)15(2)33-27(35)25-26(39-17(4)34)23(37-5)10-11-32-25/h6-13,15-16,24H,1-5H3,(H,33,35)/t15-,16-,24-/m0/s1. The predicted octanol–water partition coefficient (Wildman–Crippen LogP) is 4.62. The van der Waals surface area contributed by atoms with Crippen molar-refractivity contribution in [2.75, 3.05) is 7.11 Å². The molecule has 0 fully saturated rings. The van der Waals surface area contributed by atoms with Crippen LogP contribution >= 0.6 is 0 Å². The van der Waals surface area contributed by atoms with Gasteiger partial charge in [-0.2, -0.15) is 0 Å². The molecule has 1 amide bonds. The van der Waals surface area contributed by atoms with Gasteiger partial charge in [0.2, 0.25) is 5.75 Å². The lowest BCUT2D eigenvalue weighted by Gasteiger charge is -2.28. The zero-order valence-electron chi connectivity index (χ0n) is 21.9. The summed E-state index contributed by atoms with van der Waals surface area (Å²) >= 11 is 0. The maximum absolute atomic E-state index is 14.8. The van der Waals surface area contributed by atoms with Gasteiger partial charge in [0.25, 0.3) is 5.91 Å².